The van der Waals surface area contributed by atoms with Crippen molar-refractivity contribution in [3.63, 3.8) is 0 Å². The second-order valence-electron chi connectivity index (χ2n) is 6.39. The van der Waals surface area contributed by atoms with Gasteiger partial charge in [0.2, 0.25) is 0 Å². The van der Waals surface area contributed by atoms with Gasteiger partial charge in [0, 0.05) is 12.2 Å². The highest BCUT2D eigenvalue weighted by Gasteiger charge is 2.34. The van der Waals surface area contributed by atoms with Crippen molar-refractivity contribution in [2.24, 2.45) is 5.41 Å². The van der Waals surface area contributed by atoms with Crippen molar-refractivity contribution in [3.8, 4) is 5.75 Å². The van der Waals surface area contributed by atoms with Crippen LogP contribution in [0.4, 0.5) is 0 Å². The molecule has 1 rings (SSSR count). The van der Waals surface area contributed by atoms with Crippen molar-refractivity contribution in [3.05, 3.63) is 29.8 Å². The van der Waals surface area contributed by atoms with Crippen molar-refractivity contribution in [1.29, 1.82) is 0 Å². The predicted octanol–water partition coefficient (Wildman–Crippen LogP) is 4.19. The van der Waals surface area contributed by atoms with E-state index in [9.17, 15) is 0 Å². The van der Waals surface area contributed by atoms with Crippen LogP contribution in [0.2, 0.25) is 0 Å². The second-order valence-corrected chi connectivity index (χ2v) is 6.39. The van der Waals surface area contributed by atoms with Gasteiger partial charge in [-0.15, -0.1) is 0 Å². The Morgan fingerprint density at radius 3 is 2.33 bits per heavy atom. The zero-order valence-electron chi connectivity index (χ0n) is 14.4. The van der Waals surface area contributed by atoms with Crippen LogP contribution in [0.15, 0.2) is 24.3 Å². The van der Waals surface area contributed by atoms with Crippen LogP contribution in [0.5, 0.6) is 5.75 Å². The summed E-state index contributed by atoms with van der Waals surface area (Å²) in [4.78, 5) is 0. The van der Waals surface area contributed by atoms with Crippen LogP contribution in [0.25, 0.3) is 0 Å². The molecule has 3 heteroatoms. The molecule has 1 N–H and O–H groups in total. The Kier molecular flexibility index (Phi) is 7.20. The Balaban J connectivity index is 3.12. The summed E-state index contributed by atoms with van der Waals surface area (Å²) in [6, 6.07) is 8.36. The van der Waals surface area contributed by atoms with Crippen LogP contribution < -0.4 is 10.1 Å². The van der Waals surface area contributed by atoms with Crippen LogP contribution in [-0.2, 0) is 4.74 Å². The lowest BCUT2D eigenvalue weighted by molar-refractivity contribution is -0.0355. The molecule has 0 heterocycles. The lowest BCUT2D eigenvalue weighted by Crippen LogP contribution is -2.41. The minimum absolute atomic E-state index is 0.0432. The molecule has 2 atom stereocenters. The lowest BCUT2D eigenvalue weighted by Gasteiger charge is -2.37. The Bertz CT molecular complexity index is 412. The van der Waals surface area contributed by atoms with Gasteiger partial charge in [-0.2, -0.15) is 0 Å². The highest BCUT2D eigenvalue weighted by atomic mass is 16.5. The quantitative estimate of drug-likeness (QED) is 0.779. The van der Waals surface area contributed by atoms with E-state index in [-0.39, 0.29) is 17.6 Å². The smallest absolute Gasteiger partial charge is 0.124 e. The molecule has 0 bridgehead atoms. The average molecular weight is 293 g/mol. The fourth-order valence-corrected chi connectivity index (χ4v) is 2.58. The van der Waals surface area contributed by atoms with Gasteiger partial charge in [0.05, 0.1) is 18.8 Å². The van der Waals surface area contributed by atoms with Crippen LogP contribution in [0.3, 0.4) is 0 Å². The first-order chi connectivity index (χ1) is 9.95. The number of likely N-dealkylation sites (N-methyl/N-ethyl adjacent to an activating group) is 1. The number of benzene rings is 1. The minimum atomic E-state index is 0.0432. The fraction of sp³-hybridized carbons (Fsp3) is 0.667. The Morgan fingerprint density at radius 1 is 1.14 bits per heavy atom. The molecule has 0 fully saturated rings. The third-order valence-corrected chi connectivity index (χ3v) is 3.53. The van der Waals surface area contributed by atoms with Gasteiger partial charge in [0.15, 0.2) is 0 Å². The Morgan fingerprint density at radius 2 is 1.81 bits per heavy atom. The second kappa shape index (κ2) is 8.40. The first kappa shape index (κ1) is 18.0. The molecule has 0 aliphatic heterocycles. The number of ether oxygens (including phenoxy) is 2. The van der Waals surface area contributed by atoms with E-state index in [1.165, 1.54) is 5.56 Å². The molecule has 1 aromatic carbocycles. The van der Waals surface area contributed by atoms with Crippen molar-refractivity contribution >= 4 is 0 Å². The summed E-state index contributed by atoms with van der Waals surface area (Å²) < 4.78 is 12.0. The number of rotatable bonds is 8. The highest BCUT2D eigenvalue weighted by Crippen LogP contribution is 2.36. The molecular weight excluding hydrogens is 262 g/mol. The third-order valence-electron chi connectivity index (χ3n) is 3.53. The van der Waals surface area contributed by atoms with Crippen molar-refractivity contribution in [2.45, 2.75) is 53.2 Å². The van der Waals surface area contributed by atoms with Crippen molar-refractivity contribution in [1.82, 2.24) is 5.32 Å². The number of hydrogen-bond acceptors (Lipinski definition) is 3. The number of hydrogen-bond donors (Lipinski definition) is 1. The van der Waals surface area contributed by atoms with Crippen molar-refractivity contribution < 1.29 is 9.47 Å². The molecule has 0 spiro atoms. The van der Waals surface area contributed by atoms with Gasteiger partial charge in [-0.25, -0.2) is 0 Å². The zero-order chi connectivity index (χ0) is 15.9. The van der Waals surface area contributed by atoms with E-state index in [1.54, 1.807) is 0 Å². The van der Waals surface area contributed by atoms with Gasteiger partial charge < -0.3 is 14.8 Å². The van der Waals surface area contributed by atoms with Gasteiger partial charge in [-0.1, -0.05) is 45.9 Å². The van der Waals surface area contributed by atoms with Gasteiger partial charge in [0.25, 0.3) is 0 Å². The van der Waals surface area contributed by atoms with Crippen LogP contribution in [0.1, 0.15) is 52.6 Å². The zero-order valence-corrected chi connectivity index (χ0v) is 14.4. The molecule has 0 aromatic heterocycles. The highest BCUT2D eigenvalue weighted by molar-refractivity contribution is 5.37. The molecule has 0 amide bonds. The van der Waals surface area contributed by atoms with E-state index >= 15 is 0 Å². The van der Waals surface area contributed by atoms with Gasteiger partial charge >= 0.3 is 0 Å². The van der Waals surface area contributed by atoms with E-state index in [0.29, 0.717) is 6.61 Å². The average Bonchev–Trinajstić information content (AvgIpc) is 2.45. The van der Waals surface area contributed by atoms with E-state index in [4.69, 9.17) is 9.47 Å². The summed E-state index contributed by atoms with van der Waals surface area (Å²) in [5.41, 5.74) is 1.21. The van der Waals surface area contributed by atoms with E-state index < -0.39 is 0 Å². The largest absolute Gasteiger partial charge is 0.493 e. The maximum atomic E-state index is 6.06. The molecule has 0 saturated carbocycles. The number of nitrogens with one attached hydrogen (secondary N) is 1. The topological polar surface area (TPSA) is 30.5 Å². The van der Waals surface area contributed by atoms with E-state index in [2.05, 4.69) is 45.1 Å². The molecule has 0 radical (unpaired) electrons. The predicted molar refractivity (Wildman–Crippen MR) is 88.9 cm³/mol. The molecule has 21 heavy (non-hydrogen) atoms. The SMILES string of the molecule is CCCOc1ccccc1C(NC)C(OCC)C(C)(C)C. The van der Waals surface area contributed by atoms with Gasteiger partial charge in [-0.3, -0.25) is 0 Å². The fourth-order valence-electron chi connectivity index (χ4n) is 2.58. The van der Waals surface area contributed by atoms with Crippen molar-refractivity contribution in [2.75, 3.05) is 20.3 Å². The monoisotopic (exact) mass is 293 g/mol. The summed E-state index contributed by atoms with van der Waals surface area (Å²) in [5, 5.41) is 3.42. The normalized spacial score (nSPS) is 14.8. The van der Waals surface area contributed by atoms with Crippen LogP contribution >= 0.6 is 0 Å². The van der Waals surface area contributed by atoms with Gasteiger partial charge in [-0.05, 0) is 31.9 Å². The molecule has 3 nitrogen and oxygen atoms in total. The first-order valence-electron chi connectivity index (χ1n) is 7.96. The lowest BCUT2D eigenvalue weighted by atomic mass is 9.81. The maximum absolute atomic E-state index is 6.06. The summed E-state index contributed by atoms with van der Waals surface area (Å²) in [5.74, 6) is 0.952. The molecule has 1 aromatic rings. The van der Waals surface area contributed by atoms with E-state index in [0.717, 1.165) is 18.8 Å². The molecule has 120 valence electrons. The van der Waals surface area contributed by atoms with Gasteiger partial charge in [0.1, 0.15) is 5.75 Å². The number of para-hydroxylation sites is 1. The van der Waals surface area contributed by atoms with Crippen LogP contribution in [0, 0.1) is 5.41 Å². The first-order valence-corrected chi connectivity index (χ1v) is 7.96. The molecule has 0 aliphatic carbocycles. The van der Waals surface area contributed by atoms with E-state index in [1.807, 2.05) is 26.1 Å². The Labute approximate surface area is 130 Å². The minimum Gasteiger partial charge on any atom is -0.493 e. The standard InChI is InChI=1S/C18H31NO2/c1-7-13-21-15-12-10-9-11-14(15)16(19-6)17(20-8-2)18(3,4)5/h9-12,16-17,19H,7-8,13H2,1-6H3. The molecule has 2 unspecified atom stereocenters. The molecular formula is C18H31NO2. The summed E-state index contributed by atoms with van der Waals surface area (Å²) in [6.07, 6.45) is 1.09. The maximum Gasteiger partial charge on any atom is 0.124 e. The summed E-state index contributed by atoms with van der Waals surface area (Å²) >= 11 is 0. The molecule has 0 aliphatic rings. The summed E-state index contributed by atoms with van der Waals surface area (Å²) in [6.45, 7) is 12.3. The van der Waals surface area contributed by atoms with Crippen LogP contribution in [-0.4, -0.2) is 26.4 Å². The summed E-state index contributed by atoms with van der Waals surface area (Å²) in [7, 11) is 1.99. The molecule has 0 saturated heterocycles. The third kappa shape index (κ3) is 5.01. The Hall–Kier alpha value is -1.06.